The Morgan fingerprint density at radius 2 is 1.56 bits per heavy atom. The zero-order chi connectivity index (χ0) is 13.5. The Morgan fingerprint density at radius 1 is 0.833 bits per heavy atom. The third-order valence-electron chi connectivity index (χ3n) is 3.60. The molecule has 1 atom stereocenters. The first kappa shape index (κ1) is 17.7. The predicted octanol–water partition coefficient (Wildman–Crippen LogP) is 5.48. The van der Waals surface area contributed by atoms with Crippen molar-refractivity contribution in [1.29, 1.82) is 0 Å². The zero-order valence-corrected chi connectivity index (χ0v) is 12.7. The molecule has 0 aliphatic heterocycles. The average Bonchev–Trinajstić information content (AvgIpc) is 2.40. The molecular weight excluding hydrogens is 220 g/mol. The van der Waals surface area contributed by atoms with E-state index in [1.54, 1.807) is 0 Å². The molecule has 0 aromatic heterocycles. The lowest BCUT2D eigenvalue weighted by molar-refractivity contribution is 0.267. The van der Waals surface area contributed by atoms with Crippen LogP contribution in [0, 0.1) is 5.92 Å². The molecule has 0 heterocycles. The van der Waals surface area contributed by atoms with Crippen molar-refractivity contribution in [3.63, 3.8) is 0 Å². The molecule has 0 bridgehead atoms. The lowest BCUT2D eigenvalue weighted by Crippen LogP contribution is -2.00. The minimum atomic E-state index is 0.351. The smallest absolute Gasteiger partial charge is 0.0431 e. The first-order chi connectivity index (χ1) is 8.85. The third-order valence-corrected chi connectivity index (χ3v) is 3.60. The van der Waals surface area contributed by atoms with E-state index in [-0.39, 0.29) is 0 Å². The number of aliphatic hydroxyl groups is 1. The second kappa shape index (κ2) is 14.8. The van der Waals surface area contributed by atoms with E-state index in [0.29, 0.717) is 6.61 Å². The fourth-order valence-corrected chi connectivity index (χ4v) is 2.35. The summed E-state index contributed by atoms with van der Waals surface area (Å²) in [6, 6.07) is 0. The minimum absolute atomic E-state index is 0.351. The molecule has 0 rings (SSSR count). The molecule has 108 valence electrons. The number of unbranched alkanes of at least 4 members (excludes halogenated alkanes) is 5. The van der Waals surface area contributed by atoms with E-state index >= 15 is 0 Å². The minimum Gasteiger partial charge on any atom is -0.396 e. The van der Waals surface area contributed by atoms with Gasteiger partial charge in [-0.05, 0) is 38.0 Å². The maximum atomic E-state index is 8.91. The van der Waals surface area contributed by atoms with Gasteiger partial charge in [-0.2, -0.15) is 0 Å². The van der Waals surface area contributed by atoms with Crippen molar-refractivity contribution in [1.82, 2.24) is 0 Å². The van der Waals surface area contributed by atoms with Crippen LogP contribution in [0.2, 0.25) is 0 Å². The van der Waals surface area contributed by atoms with Crippen LogP contribution in [0.5, 0.6) is 0 Å². The standard InChI is InChI=1S/C17H34O/c1-3-5-7-8-9-10-11-14-17(13-6-4-2)15-12-16-18/h10-11,17-18H,3-9,12-16H2,1-2H3/b11-10+. The largest absolute Gasteiger partial charge is 0.396 e. The van der Waals surface area contributed by atoms with Crippen molar-refractivity contribution in [3.8, 4) is 0 Å². The van der Waals surface area contributed by atoms with Crippen molar-refractivity contribution in [3.05, 3.63) is 12.2 Å². The highest BCUT2D eigenvalue weighted by Gasteiger charge is 2.05. The number of allylic oxidation sites excluding steroid dienone is 2. The molecule has 1 heteroatoms. The van der Waals surface area contributed by atoms with Gasteiger partial charge in [0.05, 0.1) is 0 Å². The van der Waals surface area contributed by atoms with Crippen LogP contribution in [0.15, 0.2) is 12.2 Å². The Bertz CT molecular complexity index is 166. The van der Waals surface area contributed by atoms with Crippen LogP contribution in [0.25, 0.3) is 0 Å². The monoisotopic (exact) mass is 254 g/mol. The summed E-state index contributed by atoms with van der Waals surface area (Å²) < 4.78 is 0. The third kappa shape index (κ3) is 12.2. The van der Waals surface area contributed by atoms with Gasteiger partial charge in [0.2, 0.25) is 0 Å². The van der Waals surface area contributed by atoms with Gasteiger partial charge in [0.1, 0.15) is 0 Å². The molecule has 0 amide bonds. The normalized spacial score (nSPS) is 13.3. The van der Waals surface area contributed by atoms with Crippen LogP contribution < -0.4 is 0 Å². The summed E-state index contributed by atoms with van der Waals surface area (Å²) in [5.74, 6) is 0.795. The zero-order valence-electron chi connectivity index (χ0n) is 12.7. The van der Waals surface area contributed by atoms with Gasteiger partial charge < -0.3 is 5.11 Å². The van der Waals surface area contributed by atoms with Gasteiger partial charge >= 0.3 is 0 Å². The first-order valence-corrected chi connectivity index (χ1v) is 8.11. The summed E-state index contributed by atoms with van der Waals surface area (Å²) in [7, 11) is 0. The molecule has 0 radical (unpaired) electrons. The maximum Gasteiger partial charge on any atom is 0.0431 e. The summed E-state index contributed by atoms with van der Waals surface area (Å²) >= 11 is 0. The molecule has 1 nitrogen and oxygen atoms in total. The van der Waals surface area contributed by atoms with Crippen molar-refractivity contribution >= 4 is 0 Å². The number of hydrogen-bond acceptors (Lipinski definition) is 1. The van der Waals surface area contributed by atoms with E-state index in [2.05, 4.69) is 26.0 Å². The Morgan fingerprint density at radius 3 is 2.22 bits per heavy atom. The van der Waals surface area contributed by atoms with Crippen molar-refractivity contribution in [2.24, 2.45) is 5.92 Å². The quantitative estimate of drug-likeness (QED) is 0.341. The second-order valence-corrected chi connectivity index (χ2v) is 5.43. The number of aliphatic hydroxyl groups excluding tert-OH is 1. The molecular formula is C17H34O. The van der Waals surface area contributed by atoms with Gasteiger partial charge in [-0.25, -0.2) is 0 Å². The van der Waals surface area contributed by atoms with Gasteiger partial charge in [-0.1, -0.05) is 64.5 Å². The summed E-state index contributed by atoms with van der Waals surface area (Å²) in [6.45, 7) is 4.87. The van der Waals surface area contributed by atoms with Gasteiger partial charge in [-0.15, -0.1) is 0 Å². The Labute approximate surface area is 115 Å². The topological polar surface area (TPSA) is 20.2 Å². The van der Waals surface area contributed by atoms with Gasteiger partial charge in [0.15, 0.2) is 0 Å². The summed E-state index contributed by atoms with van der Waals surface area (Å²) in [4.78, 5) is 0. The highest BCUT2D eigenvalue weighted by atomic mass is 16.2. The van der Waals surface area contributed by atoms with Crippen molar-refractivity contribution < 1.29 is 5.11 Å². The fraction of sp³-hybridized carbons (Fsp3) is 0.882. The Balaban J connectivity index is 3.61. The van der Waals surface area contributed by atoms with E-state index in [1.807, 2.05) is 0 Å². The number of hydrogen-bond donors (Lipinski definition) is 1. The maximum absolute atomic E-state index is 8.91. The number of rotatable bonds is 13. The molecule has 0 saturated heterocycles. The molecule has 18 heavy (non-hydrogen) atoms. The highest BCUT2D eigenvalue weighted by Crippen LogP contribution is 2.19. The van der Waals surface area contributed by atoms with E-state index in [4.69, 9.17) is 5.11 Å². The van der Waals surface area contributed by atoms with E-state index in [0.717, 1.165) is 12.3 Å². The lowest BCUT2D eigenvalue weighted by atomic mass is 9.93. The Kier molecular flexibility index (Phi) is 14.5. The molecule has 0 aromatic carbocycles. The van der Waals surface area contributed by atoms with Crippen LogP contribution in [-0.4, -0.2) is 11.7 Å². The highest BCUT2D eigenvalue weighted by molar-refractivity contribution is 4.84. The van der Waals surface area contributed by atoms with Crippen LogP contribution in [0.4, 0.5) is 0 Å². The van der Waals surface area contributed by atoms with Crippen LogP contribution in [0.1, 0.15) is 84.5 Å². The molecule has 0 fully saturated rings. The van der Waals surface area contributed by atoms with Crippen LogP contribution in [-0.2, 0) is 0 Å². The molecule has 0 aliphatic rings. The summed E-state index contributed by atoms with van der Waals surface area (Å²) in [5, 5.41) is 8.91. The van der Waals surface area contributed by atoms with Gasteiger partial charge in [0.25, 0.3) is 0 Å². The first-order valence-electron chi connectivity index (χ1n) is 8.11. The summed E-state index contributed by atoms with van der Waals surface area (Å²) in [6.07, 6.45) is 18.8. The molecule has 1 N–H and O–H groups in total. The van der Waals surface area contributed by atoms with Crippen LogP contribution >= 0.6 is 0 Å². The van der Waals surface area contributed by atoms with E-state index in [9.17, 15) is 0 Å². The average molecular weight is 254 g/mol. The SMILES string of the molecule is CCCCCC/C=C/CC(CCCC)CCCO. The predicted molar refractivity (Wildman–Crippen MR) is 81.9 cm³/mol. The van der Waals surface area contributed by atoms with Crippen molar-refractivity contribution in [2.45, 2.75) is 84.5 Å². The van der Waals surface area contributed by atoms with Crippen molar-refractivity contribution in [2.75, 3.05) is 6.61 Å². The second-order valence-electron chi connectivity index (χ2n) is 5.43. The summed E-state index contributed by atoms with van der Waals surface area (Å²) in [5.41, 5.74) is 0. The molecule has 0 spiro atoms. The molecule has 0 aromatic rings. The molecule has 0 aliphatic carbocycles. The van der Waals surface area contributed by atoms with Gasteiger partial charge in [-0.3, -0.25) is 0 Å². The van der Waals surface area contributed by atoms with Gasteiger partial charge in [0, 0.05) is 6.61 Å². The lowest BCUT2D eigenvalue weighted by Gasteiger charge is -2.13. The Hall–Kier alpha value is -0.300. The fourth-order valence-electron chi connectivity index (χ4n) is 2.35. The molecule has 0 saturated carbocycles. The van der Waals surface area contributed by atoms with Crippen LogP contribution in [0.3, 0.4) is 0 Å². The van der Waals surface area contributed by atoms with E-state index < -0.39 is 0 Å². The van der Waals surface area contributed by atoms with E-state index in [1.165, 1.54) is 64.2 Å². The molecule has 1 unspecified atom stereocenters.